The van der Waals surface area contributed by atoms with Gasteiger partial charge in [-0.3, -0.25) is 14.4 Å². The molecule has 1 atom stereocenters. The van der Waals surface area contributed by atoms with Crippen molar-refractivity contribution in [3.8, 4) is 0 Å². The summed E-state index contributed by atoms with van der Waals surface area (Å²) in [4.78, 5) is 35.9. The predicted octanol–water partition coefficient (Wildman–Crippen LogP) is 0.406. The lowest BCUT2D eigenvalue weighted by molar-refractivity contribution is -0.125. The molecule has 3 rings (SSSR count). The lowest BCUT2D eigenvalue weighted by atomic mass is 10.1. The Morgan fingerprint density at radius 3 is 2.75 bits per heavy atom. The van der Waals surface area contributed by atoms with Gasteiger partial charge < -0.3 is 16.0 Å². The van der Waals surface area contributed by atoms with E-state index in [2.05, 4.69) is 16.0 Å². The molecule has 6 heteroatoms. The molecule has 1 aromatic rings. The second-order valence-corrected chi connectivity index (χ2v) is 5.11. The first-order valence-corrected chi connectivity index (χ1v) is 6.63. The maximum absolute atomic E-state index is 12.1. The van der Waals surface area contributed by atoms with E-state index in [9.17, 15) is 14.4 Å². The van der Waals surface area contributed by atoms with Crippen LogP contribution in [0.1, 0.15) is 29.6 Å². The summed E-state index contributed by atoms with van der Waals surface area (Å²) in [6, 6.07) is 6.17. The number of nitrogens with one attached hydrogen (secondary N) is 3. The van der Waals surface area contributed by atoms with Gasteiger partial charge in [-0.15, -0.1) is 0 Å². The largest absolute Gasteiger partial charge is 0.353 e. The minimum atomic E-state index is -0.839. The number of amides is 3. The maximum Gasteiger partial charge on any atom is 0.254 e. The average molecular weight is 273 g/mol. The number of benzene rings is 1. The number of hydrogen-bond acceptors (Lipinski definition) is 3. The highest BCUT2D eigenvalue weighted by Crippen LogP contribution is 2.20. The van der Waals surface area contributed by atoms with E-state index in [1.807, 2.05) is 0 Å². The van der Waals surface area contributed by atoms with E-state index in [-0.39, 0.29) is 30.2 Å². The van der Waals surface area contributed by atoms with Crippen LogP contribution in [0.2, 0.25) is 0 Å². The van der Waals surface area contributed by atoms with E-state index in [4.69, 9.17) is 0 Å². The van der Waals surface area contributed by atoms with Crippen molar-refractivity contribution in [2.24, 2.45) is 0 Å². The van der Waals surface area contributed by atoms with Gasteiger partial charge in [0, 0.05) is 6.04 Å². The summed E-state index contributed by atoms with van der Waals surface area (Å²) < 4.78 is 0. The summed E-state index contributed by atoms with van der Waals surface area (Å²) >= 11 is 0. The third kappa shape index (κ3) is 2.64. The molecule has 1 aliphatic carbocycles. The molecule has 1 saturated carbocycles. The fourth-order valence-corrected chi connectivity index (χ4v) is 2.15. The third-order valence-electron chi connectivity index (χ3n) is 3.38. The molecule has 0 saturated heterocycles. The summed E-state index contributed by atoms with van der Waals surface area (Å²) in [5.41, 5.74) is 0.881. The van der Waals surface area contributed by atoms with Crippen molar-refractivity contribution >= 4 is 23.4 Å². The minimum absolute atomic E-state index is 0.0396. The van der Waals surface area contributed by atoms with E-state index in [1.165, 1.54) is 0 Å². The monoisotopic (exact) mass is 273 g/mol. The Morgan fingerprint density at radius 2 is 2.00 bits per heavy atom. The Balaban J connectivity index is 1.73. The molecule has 0 aromatic heterocycles. The molecule has 1 aliphatic heterocycles. The van der Waals surface area contributed by atoms with Gasteiger partial charge >= 0.3 is 0 Å². The van der Waals surface area contributed by atoms with E-state index < -0.39 is 6.04 Å². The quantitative estimate of drug-likeness (QED) is 0.745. The number of fused-ring (bicyclic) bond motifs is 1. The van der Waals surface area contributed by atoms with Crippen molar-refractivity contribution in [3.05, 3.63) is 29.8 Å². The molecule has 104 valence electrons. The van der Waals surface area contributed by atoms with Gasteiger partial charge in [0.15, 0.2) is 0 Å². The molecule has 1 aromatic carbocycles. The smallest absolute Gasteiger partial charge is 0.254 e. The zero-order chi connectivity index (χ0) is 14.1. The van der Waals surface area contributed by atoms with Crippen LogP contribution in [0.25, 0.3) is 0 Å². The van der Waals surface area contributed by atoms with Gasteiger partial charge in [0.05, 0.1) is 17.7 Å². The summed E-state index contributed by atoms with van der Waals surface area (Å²) in [6.07, 6.45) is 1.93. The van der Waals surface area contributed by atoms with Crippen molar-refractivity contribution in [3.63, 3.8) is 0 Å². The minimum Gasteiger partial charge on any atom is -0.353 e. The first kappa shape index (κ1) is 12.7. The summed E-state index contributed by atoms with van der Waals surface area (Å²) in [5.74, 6) is -0.920. The Hall–Kier alpha value is -2.37. The van der Waals surface area contributed by atoms with Crippen LogP contribution in [0.15, 0.2) is 24.3 Å². The Labute approximate surface area is 115 Å². The van der Waals surface area contributed by atoms with Crippen molar-refractivity contribution in [2.75, 3.05) is 5.32 Å². The molecule has 0 bridgehead atoms. The van der Waals surface area contributed by atoms with Crippen LogP contribution in [0.5, 0.6) is 0 Å². The molecular weight excluding hydrogens is 258 g/mol. The molecule has 0 spiro atoms. The van der Waals surface area contributed by atoms with Crippen LogP contribution in [0.3, 0.4) is 0 Å². The highest BCUT2D eigenvalue weighted by atomic mass is 16.2. The molecule has 0 unspecified atom stereocenters. The van der Waals surface area contributed by atoms with Crippen LogP contribution < -0.4 is 16.0 Å². The first-order valence-electron chi connectivity index (χ1n) is 6.63. The lowest BCUT2D eigenvalue weighted by Gasteiger charge is -2.14. The number of carbonyl (C=O) groups is 3. The van der Waals surface area contributed by atoms with E-state index in [0.29, 0.717) is 11.3 Å². The standard InChI is InChI=1S/C14H15N3O3/c18-12(15-8-5-6-8)7-11-14(20)16-10-4-2-1-3-9(10)13(19)17-11/h1-4,8,11H,5-7H2,(H,15,18)(H,16,20)(H,17,19)/t11-/m0/s1. The summed E-state index contributed by atoms with van der Waals surface area (Å²) in [5, 5.41) is 8.08. The first-order chi connectivity index (χ1) is 9.63. The summed E-state index contributed by atoms with van der Waals surface area (Å²) in [7, 11) is 0. The van der Waals surface area contributed by atoms with E-state index in [0.717, 1.165) is 12.8 Å². The van der Waals surface area contributed by atoms with Crippen LogP contribution in [-0.2, 0) is 9.59 Å². The molecular formula is C14H15N3O3. The fourth-order valence-electron chi connectivity index (χ4n) is 2.15. The number of para-hydroxylation sites is 1. The van der Waals surface area contributed by atoms with Crippen molar-refractivity contribution < 1.29 is 14.4 Å². The molecule has 20 heavy (non-hydrogen) atoms. The topological polar surface area (TPSA) is 87.3 Å². The van der Waals surface area contributed by atoms with Crippen LogP contribution in [0.4, 0.5) is 5.69 Å². The van der Waals surface area contributed by atoms with Crippen LogP contribution >= 0.6 is 0 Å². The number of hydrogen-bond donors (Lipinski definition) is 3. The van der Waals surface area contributed by atoms with Crippen LogP contribution in [0, 0.1) is 0 Å². The fraction of sp³-hybridized carbons (Fsp3) is 0.357. The highest BCUT2D eigenvalue weighted by Gasteiger charge is 2.31. The van der Waals surface area contributed by atoms with Crippen molar-refractivity contribution in [2.45, 2.75) is 31.3 Å². The average Bonchev–Trinajstić information content (AvgIpc) is 3.22. The van der Waals surface area contributed by atoms with Gasteiger partial charge in [0.25, 0.3) is 5.91 Å². The second-order valence-electron chi connectivity index (χ2n) is 5.11. The van der Waals surface area contributed by atoms with Gasteiger partial charge in [0.1, 0.15) is 6.04 Å². The van der Waals surface area contributed by atoms with Crippen LogP contribution in [-0.4, -0.2) is 29.8 Å². The molecule has 6 nitrogen and oxygen atoms in total. The summed E-state index contributed by atoms with van der Waals surface area (Å²) in [6.45, 7) is 0. The normalized spacial score (nSPS) is 21.3. The number of anilines is 1. The molecule has 1 fully saturated rings. The number of rotatable bonds is 3. The maximum atomic E-state index is 12.1. The molecule has 3 N–H and O–H groups in total. The molecule has 2 aliphatic rings. The van der Waals surface area contributed by atoms with Gasteiger partial charge in [-0.05, 0) is 25.0 Å². The highest BCUT2D eigenvalue weighted by molar-refractivity contribution is 6.10. The molecule has 0 radical (unpaired) electrons. The lowest BCUT2D eigenvalue weighted by Crippen LogP contribution is -2.44. The number of carbonyl (C=O) groups excluding carboxylic acids is 3. The van der Waals surface area contributed by atoms with Gasteiger partial charge in [-0.1, -0.05) is 12.1 Å². The van der Waals surface area contributed by atoms with E-state index in [1.54, 1.807) is 24.3 Å². The zero-order valence-electron chi connectivity index (χ0n) is 10.8. The molecule has 1 heterocycles. The Bertz CT molecular complexity index is 581. The van der Waals surface area contributed by atoms with Gasteiger partial charge in [-0.2, -0.15) is 0 Å². The predicted molar refractivity (Wildman–Crippen MR) is 72.1 cm³/mol. The zero-order valence-corrected chi connectivity index (χ0v) is 10.8. The van der Waals surface area contributed by atoms with Gasteiger partial charge in [0.2, 0.25) is 11.8 Å². The Morgan fingerprint density at radius 1 is 1.25 bits per heavy atom. The molecule has 3 amide bonds. The van der Waals surface area contributed by atoms with Crippen molar-refractivity contribution in [1.29, 1.82) is 0 Å². The van der Waals surface area contributed by atoms with Gasteiger partial charge in [-0.25, -0.2) is 0 Å². The Kier molecular flexibility index (Phi) is 3.14. The van der Waals surface area contributed by atoms with Crippen molar-refractivity contribution in [1.82, 2.24) is 10.6 Å². The SMILES string of the molecule is O=C(C[C@@H]1NC(=O)c2ccccc2NC1=O)NC1CC1. The third-order valence-corrected chi connectivity index (χ3v) is 3.38. The second kappa shape index (κ2) is 4.96. The van der Waals surface area contributed by atoms with E-state index >= 15 is 0 Å².